The molecule has 7 nitrogen and oxygen atoms in total. The fourth-order valence-corrected chi connectivity index (χ4v) is 7.38. The van der Waals surface area contributed by atoms with Crippen LogP contribution in [0, 0.1) is 5.92 Å². The van der Waals surface area contributed by atoms with E-state index in [9.17, 15) is 9.59 Å². The maximum Gasteiger partial charge on any atom is 0.338 e. The molecular formula is C35H31BrN2O5S. The number of thiazole rings is 1. The normalized spacial score (nSPS) is 18.3. The van der Waals surface area contributed by atoms with Crippen molar-refractivity contribution in [1.82, 2.24) is 4.57 Å². The van der Waals surface area contributed by atoms with Crippen LogP contribution in [-0.4, -0.2) is 24.3 Å². The van der Waals surface area contributed by atoms with Crippen molar-refractivity contribution < 1.29 is 19.0 Å². The minimum absolute atomic E-state index is 0.0361. The monoisotopic (exact) mass is 670 g/mol. The molecule has 1 aromatic heterocycles. The van der Waals surface area contributed by atoms with Crippen LogP contribution in [0.25, 0.3) is 16.8 Å². The first-order valence-electron chi connectivity index (χ1n) is 14.4. The third-order valence-corrected chi connectivity index (χ3v) is 9.44. The van der Waals surface area contributed by atoms with Crippen molar-refractivity contribution in [1.29, 1.82) is 0 Å². The van der Waals surface area contributed by atoms with Gasteiger partial charge in [0.2, 0.25) is 0 Å². The molecule has 0 amide bonds. The Kier molecular flexibility index (Phi) is 8.68. The number of hydrogen-bond donors (Lipinski definition) is 0. The smallest absolute Gasteiger partial charge is 0.338 e. The van der Waals surface area contributed by atoms with Gasteiger partial charge in [-0.05, 0) is 48.7 Å². The first kappa shape index (κ1) is 29.8. The van der Waals surface area contributed by atoms with Crippen LogP contribution in [0.4, 0.5) is 0 Å². The quantitative estimate of drug-likeness (QED) is 0.205. The van der Waals surface area contributed by atoms with Gasteiger partial charge in [-0.15, -0.1) is 0 Å². The van der Waals surface area contributed by atoms with E-state index in [-0.39, 0.29) is 18.1 Å². The molecule has 0 radical (unpaired) electrons. The standard InChI is InChI=1S/C35H31BrN2O5S/c1-4-42-34(40)30-21(2)37-35-38(32(30)31-25-13-9-8-12-24(25)15-17-28(31)41-3)33(39)29(44-35)19-23-14-16-27(26(36)18-23)43-20-22-10-6-5-7-11-22/h5-17,19,23,32H,4,18,20H2,1-3H3/b29-19-/t23-,32+/m1/s1. The van der Waals surface area contributed by atoms with Gasteiger partial charge in [-0.1, -0.05) is 100 Å². The van der Waals surface area contributed by atoms with Gasteiger partial charge in [-0.25, -0.2) is 9.79 Å². The molecule has 0 saturated heterocycles. The lowest BCUT2D eigenvalue weighted by atomic mass is 9.90. The van der Waals surface area contributed by atoms with E-state index in [1.807, 2.05) is 85.0 Å². The minimum atomic E-state index is -0.778. The molecule has 4 aromatic rings. The average Bonchev–Trinajstić information content (AvgIpc) is 3.33. The minimum Gasteiger partial charge on any atom is -0.496 e. The van der Waals surface area contributed by atoms with Crippen LogP contribution in [0.1, 0.15) is 37.4 Å². The van der Waals surface area contributed by atoms with Gasteiger partial charge in [0.1, 0.15) is 24.2 Å². The molecule has 1 aliphatic carbocycles. The summed E-state index contributed by atoms with van der Waals surface area (Å²) in [5, 5.41) is 1.85. The fourth-order valence-electron chi connectivity index (χ4n) is 5.66. The number of allylic oxidation sites excluding steroid dienone is 4. The summed E-state index contributed by atoms with van der Waals surface area (Å²) in [6, 6.07) is 21.0. The summed E-state index contributed by atoms with van der Waals surface area (Å²) in [5.74, 6) is 0.811. The van der Waals surface area contributed by atoms with Gasteiger partial charge in [0.25, 0.3) is 5.56 Å². The maximum atomic E-state index is 14.2. The van der Waals surface area contributed by atoms with E-state index >= 15 is 0 Å². The van der Waals surface area contributed by atoms with Crippen LogP contribution in [0.15, 0.2) is 110 Å². The number of aromatic nitrogens is 1. The van der Waals surface area contributed by atoms with E-state index in [0.29, 0.717) is 39.4 Å². The van der Waals surface area contributed by atoms with E-state index < -0.39 is 12.0 Å². The maximum absolute atomic E-state index is 14.2. The first-order chi connectivity index (χ1) is 21.4. The van der Waals surface area contributed by atoms with Crippen molar-refractivity contribution >= 4 is 50.1 Å². The van der Waals surface area contributed by atoms with Crippen molar-refractivity contribution in [2.45, 2.75) is 32.9 Å². The van der Waals surface area contributed by atoms with E-state index in [4.69, 9.17) is 19.2 Å². The van der Waals surface area contributed by atoms with Crippen LogP contribution >= 0.6 is 27.3 Å². The highest BCUT2D eigenvalue weighted by atomic mass is 79.9. The number of carbonyl (C=O) groups excluding carboxylic acids is 1. The summed E-state index contributed by atoms with van der Waals surface area (Å²) in [7, 11) is 1.59. The van der Waals surface area contributed by atoms with Crippen LogP contribution in [-0.2, 0) is 20.9 Å². The number of benzene rings is 3. The Morgan fingerprint density at radius 2 is 1.89 bits per heavy atom. The predicted octanol–water partition coefficient (Wildman–Crippen LogP) is 6.31. The molecule has 0 bridgehead atoms. The van der Waals surface area contributed by atoms with E-state index in [1.54, 1.807) is 25.5 Å². The SMILES string of the molecule is CCOC(=O)C1=C(C)N=c2s/c(=C\[C@@H]3C=CC(OCc4ccccc4)=C(Br)C3)c(=O)n2[C@@H]1c1c(OC)ccc2ccccc12. The number of halogens is 1. The molecule has 2 atom stereocenters. The van der Waals surface area contributed by atoms with Crippen LogP contribution in [0.5, 0.6) is 5.75 Å². The number of fused-ring (bicyclic) bond motifs is 2. The van der Waals surface area contributed by atoms with Crippen LogP contribution in [0.3, 0.4) is 0 Å². The van der Waals surface area contributed by atoms with Crippen molar-refractivity contribution in [3.63, 3.8) is 0 Å². The van der Waals surface area contributed by atoms with Crippen molar-refractivity contribution in [2.75, 3.05) is 13.7 Å². The van der Waals surface area contributed by atoms with E-state index in [2.05, 4.69) is 15.9 Å². The van der Waals surface area contributed by atoms with Crippen molar-refractivity contribution in [3.8, 4) is 5.75 Å². The molecule has 1 aliphatic heterocycles. The molecule has 0 N–H and O–H groups in total. The highest BCUT2D eigenvalue weighted by Gasteiger charge is 2.36. The van der Waals surface area contributed by atoms with Gasteiger partial charge in [0.15, 0.2) is 4.80 Å². The molecule has 0 saturated carbocycles. The fraction of sp³-hybridized carbons (Fsp3) is 0.229. The van der Waals surface area contributed by atoms with E-state index in [1.165, 1.54) is 11.3 Å². The summed E-state index contributed by atoms with van der Waals surface area (Å²) in [5.41, 5.74) is 2.43. The van der Waals surface area contributed by atoms with Gasteiger partial charge in [-0.2, -0.15) is 0 Å². The number of nitrogens with zero attached hydrogens (tertiary/aromatic N) is 2. The molecule has 3 aromatic carbocycles. The Hall–Kier alpha value is -4.21. The topological polar surface area (TPSA) is 79.1 Å². The van der Waals surface area contributed by atoms with Crippen molar-refractivity contribution in [2.24, 2.45) is 10.9 Å². The second-order valence-corrected chi connectivity index (χ2v) is 12.5. The second kappa shape index (κ2) is 12.8. The van der Waals surface area contributed by atoms with Crippen LogP contribution < -0.4 is 19.6 Å². The molecular weight excluding hydrogens is 640 g/mol. The molecule has 224 valence electrons. The Morgan fingerprint density at radius 1 is 1.11 bits per heavy atom. The Bertz CT molecular complexity index is 2020. The highest BCUT2D eigenvalue weighted by molar-refractivity contribution is 9.11. The Morgan fingerprint density at radius 3 is 2.64 bits per heavy atom. The number of rotatable bonds is 8. The lowest BCUT2D eigenvalue weighted by molar-refractivity contribution is -0.139. The van der Waals surface area contributed by atoms with E-state index in [0.717, 1.165) is 32.1 Å². The van der Waals surface area contributed by atoms with Gasteiger partial charge in [-0.3, -0.25) is 9.36 Å². The van der Waals surface area contributed by atoms with Gasteiger partial charge < -0.3 is 14.2 Å². The molecule has 6 rings (SSSR count). The lowest BCUT2D eigenvalue weighted by Gasteiger charge is -2.27. The molecule has 0 fully saturated rings. The predicted molar refractivity (Wildman–Crippen MR) is 176 cm³/mol. The molecule has 2 heterocycles. The zero-order chi connectivity index (χ0) is 30.8. The first-order valence-corrected chi connectivity index (χ1v) is 16.0. The van der Waals surface area contributed by atoms with Crippen LogP contribution in [0.2, 0.25) is 0 Å². The second-order valence-electron chi connectivity index (χ2n) is 10.5. The number of esters is 1. The highest BCUT2D eigenvalue weighted by Crippen LogP contribution is 2.40. The summed E-state index contributed by atoms with van der Waals surface area (Å²) in [6.07, 6.45) is 6.61. The summed E-state index contributed by atoms with van der Waals surface area (Å²) in [4.78, 5) is 33.0. The molecule has 0 unspecified atom stereocenters. The Labute approximate surface area is 267 Å². The van der Waals surface area contributed by atoms with Gasteiger partial charge >= 0.3 is 5.97 Å². The number of carbonyl (C=O) groups is 1. The number of hydrogen-bond acceptors (Lipinski definition) is 7. The Balaban J connectivity index is 1.42. The lowest BCUT2D eigenvalue weighted by Crippen LogP contribution is -2.40. The summed E-state index contributed by atoms with van der Waals surface area (Å²) in [6.45, 7) is 4.22. The number of methoxy groups -OCH3 is 1. The molecule has 2 aliphatic rings. The molecule has 44 heavy (non-hydrogen) atoms. The number of ether oxygens (including phenoxy) is 3. The summed E-state index contributed by atoms with van der Waals surface area (Å²) >= 11 is 5.01. The van der Waals surface area contributed by atoms with Gasteiger partial charge in [0.05, 0.1) is 29.5 Å². The zero-order valence-corrected chi connectivity index (χ0v) is 27.0. The third-order valence-electron chi connectivity index (χ3n) is 7.72. The third kappa shape index (κ3) is 5.69. The average molecular weight is 672 g/mol. The van der Waals surface area contributed by atoms with Gasteiger partial charge in [0, 0.05) is 16.0 Å². The largest absolute Gasteiger partial charge is 0.496 e. The summed E-state index contributed by atoms with van der Waals surface area (Å²) < 4.78 is 20.5. The molecule has 9 heteroatoms. The van der Waals surface area contributed by atoms with Crippen molar-refractivity contribution in [3.05, 3.63) is 131 Å². The molecule has 0 spiro atoms. The zero-order valence-electron chi connectivity index (χ0n) is 24.6.